The van der Waals surface area contributed by atoms with Crippen molar-refractivity contribution in [2.45, 2.75) is 31.1 Å². The molecule has 1 unspecified atom stereocenters. The van der Waals surface area contributed by atoms with Gasteiger partial charge in [0.2, 0.25) is 0 Å². The highest BCUT2D eigenvalue weighted by Crippen LogP contribution is 2.29. The summed E-state index contributed by atoms with van der Waals surface area (Å²) in [6, 6.07) is 5.47. The fourth-order valence-electron chi connectivity index (χ4n) is 4.53. The number of H-pyrrole nitrogens is 1. The van der Waals surface area contributed by atoms with Crippen LogP contribution in [0.2, 0.25) is 5.02 Å². The highest BCUT2D eigenvalue weighted by molar-refractivity contribution is 7.89. The number of thiazole rings is 1. The highest BCUT2D eigenvalue weighted by atomic mass is 35.5. The lowest BCUT2D eigenvalue weighted by Gasteiger charge is -2.38. The van der Waals surface area contributed by atoms with Gasteiger partial charge in [0.15, 0.2) is 5.01 Å². The summed E-state index contributed by atoms with van der Waals surface area (Å²) < 4.78 is 33.4. The number of hydrogen-bond acceptors (Lipinski definition) is 9. The van der Waals surface area contributed by atoms with Gasteiger partial charge in [-0.25, -0.2) is 28.2 Å². The van der Waals surface area contributed by atoms with Crippen LogP contribution in [-0.2, 0) is 32.6 Å². The average Bonchev–Trinajstić information content (AvgIpc) is 3.47. The quantitative estimate of drug-likeness (QED) is 0.443. The SMILES string of the molecule is CCOC(=O)C1CN(S(=O)(=O)c2cc3cc(Cl)ccc3[nH]2)CCN1C(=O)c1nc2c(s1)CN(C)N(C)C2.Cl. The molecule has 5 rings (SSSR count). The molecule has 206 valence electrons. The van der Waals surface area contributed by atoms with E-state index in [4.69, 9.17) is 16.3 Å². The second-order valence-corrected chi connectivity index (χ2v) is 12.4. The summed E-state index contributed by atoms with van der Waals surface area (Å²) in [6.07, 6.45) is 0. The first kappa shape index (κ1) is 28.7. The Kier molecular flexibility index (Phi) is 8.38. The van der Waals surface area contributed by atoms with E-state index in [2.05, 4.69) is 9.97 Å². The van der Waals surface area contributed by atoms with Gasteiger partial charge in [0.25, 0.3) is 15.9 Å². The molecule has 38 heavy (non-hydrogen) atoms. The molecule has 0 bridgehead atoms. The van der Waals surface area contributed by atoms with E-state index in [1.54, 1.807) is 25.1 Å². The minimum absolute atomic E-state index is 0. The van der Waals surface area contributed by atoms with Crippen molar-refractivity contribution in [3.8, 4) is 0 Å². The summed E-state index contributed by atoms with van der Waals surface area (Å²) in [5, 5.41) is 5.48. The molecule has 0 radical (unpaired) electrons. The summed E-state index contributed by atoms with van der Waals surface area (Å²) in [5.74, 6) is -1.06. The van der Waals surface area contributed by atoms with E-state index in [9.17, 15) is 18.0 Å². The van der Waals surface area contributed by atoms with Crippen molar-refractivity contribution in [3.63, 3.8) is 0 Å². The molecule has 1 N–H and O–H groups in total. The zero-order chi connectivity index (χ0) is 26.5. The normalized spacial score (nSPS) is 19.3. The van der Waals surface area contributed by atoms with Gasteiger partial charge in [-0.15, -0.1) is 23.7 Å². The number of aromatic nitrogens is 2. The van der Waals surface area contributed by atoms with Gasteiger partial charge in [-0.2, -0.15) is 4.31 Å². The number of carbonyl (C=O) groups is 2. The third kappa shape index (κ3) is 5.28. The lowest BCUT2D eigenvalue weighted by molar-refractivity contribution is -0.149. The maximum Gasteiger partial charge on any atom is 0.330 e. The van der Waals surface area contributed by atoms with Gasteiger partial charge in [0, 0.05) is 61.1 Å². The van der Waals surface area contributed by atoms with Crippen LogP contribution in [0.15, 0.2) is 29.3 Å². The standard InChI is InChI=1S/C23H27ClN6O5S2.ClH/c1-4-35-23(32)18-12-29(37(33,34)20-10-14-9-15(24)5-6-16(14)25-20)7-8-30(18)22(31)21-26-17-11-27(2)28(3)13-19(17)36-21;/h5-6,9-10,18,25H,4,7-8,11-13H2,1-3H3;1H. The van der Waals surface area contributed by atoms with Crippen molar-refractivity contribution in [2.24, 2.45) is 0 Å². The number of benzene rings is 1. The average molecular weight is 604 g/mol. The number of esters is 1. The third-order valence-electron chi connectivity index (χ3n) is 6.63. The zero-order valence-corrected chi connectivity index (χ0v) is 24.2. The highest BCUT2D eigenvalue weighted by Gasteiger charge is 2.42. The Labute approximate surface area is 235 Å². The summed E-state index contributed by atoms with van der Waals surface area (Å²) in [4.78, 5) is 36.3. The smallest absolute Gasteiger partial charge is 0.330 e. The number of carbonyl (C=O) groups excluding carboxylic acids is 2. The monoisotopic (exact) mass is 602 g/mol. The van der Waals surface area contributed by atoms with Crippen LogP contribution in [0.5, 0.6) is 0 Å². The molecule has 0 spiro atoms. The molecule has 0 aliphatic carbocycles. The molecule has 1 saturated heterocycles. The van der Waals surface area contributed by atoms with Crippen LogP contribution in [-0.4, -0.2) is 95.9 Å². The Morgan fingerprint density at radius 2 is 1.92 bits per heavy atom. The molecule has 1 fully saturated rings. The number of piperazine rings is 1. The number of fused-ring (bicyclic) bond motifs is 2. The second-order valence-electron chi connectivity index (χ2n) is 9.02. The first-order valence-electron chi connectivity index (χ1n) is 11.7. The molecule has 1 atom stereocenters. The Morgan fingerprint density at radius 3 is 2.66 bits per heavy atom. The molecule has 15 heteroatoms. The van der Waals surface area contributed by atoms with Crippen LogP contribution in [0, 0.1) is 0 Å². The second kappa shape index (κ2) is 11.1. The fraction of sp³-hybridized carbons (Fsp3) is 0.435. The topological polar surface area (TPSA) is 119 Å². The van der Waals surface area contributed by atoms with Crippen LogP contribution in [0.4, 0.5) is 0 Å². The van der Waals surface area contributed by atoms with Crippen molar-refractivity contribution in [3.05, 3.63) is 44.9 Å². The molecular weight excluding hydrogens is 575 g/mol. The van der Waals surface area contributed by atoms with Gasteiger partial charge in [-0.1, -0.05) is 11.6 Å². The first-order valence-corrected chi connectivity index (χ1v) is 14.4. The van der Waals surface area contributed by atoms with Gasteiger partial charge in [0.1, 0.15) is 11.1 Å². The number of aromatic amines is 1. The maximum absolute atomic E-state index is 13.5. The minimum Gasteiger partial charge on any atom is -0.464 e. The van der Waals surface area contributed by atoms with Crippen LogP contribution in [0.25, 0.3) is 10.9 Å². The van der Waals surface area contributed by atoms with Crippen molar-refractivity contribution >= 4 is 68.1 Å². The van der Waals surface area contributed by atoms with Gasteiger partial charge in [-0.05, 0) is 31.2 Å². The van der Waals surface area contributed by atoms with Crippen LogP contribution in [0.1, 0.15) is 27.3 Å². The van der Waals surface area contributed by atoms with Crippen LogP contribution >= 0.6 is 35.3 Å². The molecule has 2 aromatic heterocycles. The van der Waals surface area contributed by atoms with E-state index < -0.39 is 27.9 Å². The molecule has 1 aromatic carbocycles. The largest absolute Gasteiger partial charge is 0.464 e. The predicted molar refractivity (Wildman–Crippen MR) is 146 cm³/mol. The van der Waals surface area contributed by atoms with E-state index in [1.807, 2.05) is 24.1 Å². The van der Waals surface area contributed by atoms with Gasteiger partial charge < -0.3 is 14.6 Å². The fourth-order valence-corrected chi connectivity index (χ4v) is 7.23. The number of amides is 1. The molecule has 4 heterocycles. The molecule has 2 aliphatic rings. The van der Waals surface area contributed by atoms with Crippen molar-refractivity contribution < 1.29 is 22.7 Å². The Hall–Kier alpha value is -2.26. The minimum atomic E-state index is -3.98. The Balaban J connectivity index is 0.00000336. The van der Waals surface area contributed by atoms with Gasteiger partial charge in [0.05, 0.1) is 18.8 Å². The van der Waals surface area contributed by atoms with Gasteiger partial charge >= 0.3 is 5.97 Å². The zero-order valence-electron chi connectivity index (χ0n) is 21.0. The lowest BCUT2D eigenvalue weighted by Crippen LogP contribution is -2.59. The number of nitrogens with zero attached hydrogens (tertiary/aromatic N) is 5. The number of hydrogen-bond donors (Lipinski definition) is 1. The number of sulfonamides is 1. The summed E-state index contributed by atoms with van der Waals surface area (Å²) in [6.45, 7) is 2.82. The Bertz CT molecular complexity index is 1450. The Morgan fingerprint density at radius 1 is 1.18 bits per heavy atom. The number of hydrazine groups is 1. The van der Waals surface area contributed by atoms with E-state index in [1.165, 1.54) is 26.6 Å². The predicted octanol–water partition coefficient (Wildman–Crippen LogP) is 2.57. The maximum atomic E-state index is 13.5. The van der Waals surface area contributed by atoms with Crippen LogP contribution < -0.4 is 0 Å². The van der Waals surface area contributed by atoms with E-state index in [0.29, 0.717) is 29.0 Å². The number of nitrogens with one attached hydrogen (secondary N) is 1. The van der Waals surface area contributed by atoms with E-state index in [-0.39, 0.29) is 48.7 Å². The number of ether oxygens (including phenoxy) is 1. The van der Waals surface area contributed by atoms with E-state index >= 15 is 0 Å². The summed E-state index contributed by atoms with van der Waals surface area (Å²) in [5.41, 5.74) is 1.46. The first-order chi connectivity index (χ1) is 17.6. The van der Waals surface area contributed by atoms with Crippen molar-refractivity contribution in [2.75, 3.05) is 40.3 Å². The molecule has 11 nitrogen and oxygen atoms in total. The van der Waals surface area contributed by atoms with Gasteiger partial charge in [-0.3, -0.25) is 4.79 Å². The molecule has 1 amide bonds. The lowest BCUT2D eigenvalue weighted by atomic mass is 10.2. The van der Waals surface area contributed by atoms with Crippen molar-refractivity contribution in [1.82, 2.24) is 29.2 Å². The number of halogens is 2. The molecular formula is C23H28Cl2N6O5S2. The summed E-state index contributed by atoms with van der Waals surface area (Å²) >= 11 is 7.35. The summed E-state index contributed by atoms with van der Waals surface area (Å²) in [7, 11) is -0.0744. The van der Waals surface area contributed by atoms with E-state index in [0.717, 1.165) is 10.6 Å². The van der Waals surface area contributed by atoms with Crippen LogP contribution in [0.3, 0.4) is 0 Å². The third-order valence-corrected chi connectivity index (χ3v) is 9.73. The number of rotatable bonds is 5. The van der Waals surface area contributed by atoms with Crippen molar-refractivity contribution in [1.29, 1.82) is 0 Å². The molecule has 0 saturated carbocycles. The molecule has 2 aliphatic heterocycles. The molecule has 3 aromatic rings.